The normalized spacial score (nSPS) is 14.2. The Labute approximate surface area is 198 Å². The summed E-state index contributed by atoms with van der Waals surface area (Å²) in [6.45, 7) is 0.139. The molecule has 0 spiro atoms. The number of benzene rings is 2. The largest absolute Gasteiger partial charge is 0.486 e. The topological polar surface area (TPSA) is 111 Å². The second kappa shape index (κ2) is 9.68. The van der Waals surface area contributed by atoms with Crippen LogP contribution in [-0.4, -0.2) is 61.5 Å². The molecule has 2 aromatic rings. The average molecular weight is 493 g/mol. The number of hydrogen-bond donors (Lipinski definition) is 1. The van der Waals surface area contributed by atoms with Gasteiger partial charge >= 0.3 is 5.97 Å². The van der Waals surface area contributed by atoms with Crippen LogP contribution in [0.25, 0.3) is 0 Å². The molecule has 0 saturated carbocycles. The number of fused-ring (bicyclic) bond motifs is 2. The molecule has 4 rings (SSSR count). The number of nitrogens with zero attached hydrogens (tertiary/aromatic N) is 1. The summed E-state index contributed by atoms with van der Waals surface area (Å²) in [6, 6.07) is 8.10. The van der Waals surface area contributed by atoms with E-state index >= 15 is 0 Å². The number of carbonyl (C=O) groups is 4. The van der Waals surface area contributed by atoms with E-state index in [1.54, 1.807) is 0 Å². The van der Waals surface area contributed by atoms with Crippen molar-refractivity contribution >= 4 is 46.9 Å². The molecule has 3 amide bonds. The zero-order chi connectivity index (χ0) is 23.5. The number of imide groups is 1. The SMILES string of the molecule is O=C(COC(=O)CN1C(=O)c2cc(Cl)c(Cl)cc2C1=O)NCCc1ccc2c(c1)OCCO2. The van der Waals surface area contributed by atoms with Gasteiger partial charge in [0.1, 0.15) is 19.8 Å². The lowest BCUT2D eigenvalue weighted by molar-refractivity contribution is -0.148. The molecule has 33 heavy (non-hydrogen) atoms. The van der Waals surface area contributed by atoms with Crippen LogP contribution in [0, 0.1) is 0 Å². The van der Waals surface area contributed by atoms with Gasteiger partial charge in [-0.2, -0.15) is 0 Å². The molecule has 0 unspecified atom stereocenters. The maximum atomic E-state index is 12.4. The zero-order valence-electron chi connectivity index (χ0n) is 17.2. The van der Waals surface area contributed by atoms with Gasteiger partial charge in [0.15, 0.2) is 18.1 Å². The molecule has 1 N–H and O–H groups in total. The van der Waals surface area contributed by atoms with Gasteiger partial charge in [-0.3, -0.25) is 24.1 Å². The lowest BCUT2D eigenvalue weighted by Gasteiger charge is -2.18. The van der Waals surface area contributed by atoms with Gasteiger partial charge in [0.05, 0.1) is 21.2 Å². The van der Waals surface area contributed by atoms with Crippen molar-refractivity contribution in [3.63, 3.8) is 0 Å². The summed E-state index contributed by atoms with van der Waals surface area (Å²) < 4.78 is 15.9. The van der Waals surface area contributed by atoms with Crippen LogP contribution in [0.2, 0.25) is 10.0 Å². The van der Waals surface area contributed by atoms with Gasteiger partial charge in [-0.15, -0.1) is 0 Å². The van der Waals surface area contributed by atoms with Crippen molar-refractivity contribution in [2.24, 2.45) is 0 Å². The van der Waals surface area contributed by atoms with E-state index in [1.807, 2.05) is 18.2 Å². The minimum atomic E-state index is -0.899. The predicted octanol–water partition coefficient (Wildman–Crippen LogP) is 2.26. The van der Waals surface area contributed by atoms with E-state index in [9.17, 15) is 19.2 Å². The van der Waals surface area contributed by atoms with Crippen molar-refractivity contribution in [3.8, 4) is 11.5 Å². The van der Waals surface area contributed by atoms with E-state index in [0.717, 1.165) is 10.5 Å². The number of amides is 3. The number of rotatable bonds is 7. The van der Waals surface area contributed by atoms with E-state index in [-0.39, 0.29) is 21.2 Å². The van der Waals surface area contributed by atoms with Gasteiger partial charge in [-0.05, 0) is 36.2 Å². The molecule has 2 heterocycles. The second-order valence-corrected chi connectivity index (χ2v) is 8.06. The van der Waals surface area contributed by atoms with E-state index in [4.69, 9.17) is 37.4 Å². The molecule has 0 bridgehead atoms. The summed E-state index contributed by atoms with van der Waals surface area (Å²) >= 11 is 11.8. The first-order valence-corrected chi connectivity index (χ1v) is 10.7. The summed E-state index contributed by atoms with van der Waals surface area (Å²) in [5, 5.41) is 2.88. The lowest BCUT2D eigenvalue weighted by atomic mass is 10.1. The number of hydrogen-bond acceptors (Lipinski definition) is 7. The summed E-state index contributed by atoms with van der Waals surface area (Å²) in [4.78, 5) is 49.6. The molecule has 9 nitrogen and oxygen atoms in total. The number of ether oxygens (including phenoxy) is 3. The van der Waals surface area contributed by atoms with Crippen molar-refractivity contribution < 1.29 is 33.4 Å². The van der Waals surface area contributed by atoms with Gasteiger partial charge in [-0.25, -0.2) is 0 Å². The molecule has 2 aliphatic rings. The molecule has 0 aliphatic carbocycles. The Morgan fingerprint density at radius 2 is 1.61 bits per heavy atom. The number of halogens is 2. The van der Waals surface area contributed by atoms with Crippen molar-refractivity contribution in [2.45, 2.75) is 6.42 Å². The van der Waals surface area contributed by atoms with Gasteiger partial charge in [0.2, 0.25) is 0 Å². The maximum absolute atomic E-state index is 12.4. The molecular formula is C22H18Cl2N2O7. The van der Waals surface area contributed by atoms with Crippen LogP contribution in [0.1, 0.15) is 26.3 Å². The van der Waals surface area contributed by atoms with Crippen LogP contribution in [0.4, 0.5) is 0 Å². The maximum Gasteiger partial charge on any atom is 0.326 e. The predicted molar refractivity (Wildman–Crippen MR) is 117 cm³/mol. The molecule has 0 radical (unpaired) electrons. The quantitative estimate of drug-likeness (QED) is 0.465. The highest BCUT2D eigenvalue weighted by Crippen LogP contribution is 2.32. The van der Waals surface area contributed by atoms with Crippen LogP contribution in [0.15, 0.2) is 30.3 Å². The van der Waals surface area contributed by atoms with Crippen LogP contribution < -0.4 is 14.8 Å². The van der Waals surface area contributed by atoms with Crippen molar-refractivity contribution in [3.05, 3.63) is 57.1 Å². The van der Waals surface area contributed by atoms with Gasteiger partial charge in [0, 0.05) is 6.54 Å². The molecule has 2 aliphatic heterocycles. The second-order valence-electron chi connectivity index (χ2n) is 7.25. The van der Waals surface area contributed by atoms with Crippen molar-refractivity contribution in [1.82, 2.24) is 10.2 Å². The highest BCUT2D eigenvalue weighted by atomic mass is 35.5. The van der Waals surface area contributed by atoms with Crippen molar-refractivity contribution in [2.75, 3.05) is 32.9 Å². The van der Waals surface area contributed by atoms with Crippen LogP contribution >= 0.6 is 23.2 Å². The van der Waals surface area contributed by atoms with E-state index in [2.05, 4.69) is 5.32 Å². The lowest BCUT2D eigenvalue weighted by Crippen LogP contribution is -2.37. The third-order valence-electron chi connectivity index (χ3n) is 5.01. The number of carbonyl (C=O) groups excluding carboxylic acids is 4. The molecule has 172 valence electrons. The Morgan fingerprint density at radius 3 is 2.27 bits per heavy atom. The third kappa shape index (κ3) is 5.04. The van der Waals surface area contributed by atoms with E-state index in [0.29, 0.717) is 37.7 Å². The number of esters is 1. The average Bonchev–Trinajstić information content (AvgIpc) is 3.02. The Morgan fingerprint density at radius 1 is 0.970 bits per heavy atom. The summed E-state index contributed by atoms with van der Waals surface area (Å²) in [5.41, 5.74) is 1.06. The molecule has 0 saturated heterocycles. The smallest absolute Gasteiger partial charge is 0.326 e. The fourth-order valence-corrected chi connectivity index (χ4v) is 3.72. The first-order chi connectivity index (χ1) is 15.8. The van der Waals surface area contributed by atoms with Gasteiger partial charge in [-0.1, -0.05) is 29.3 Å². The first kappa shape index (κ1) is 22.9. The Hall–Kier alpha value is -3.30. The third-order valence-corrected chi connectivity index (χ3v) is 5.73. The minimum Gasteiger partial charge on any atom is -0.486 e. The van der Waals surface area contributed by atoms with Crippen LogP contribution in [0.3, 0.4) is 0 Å². The fourth-order valence-electron chi connectivity index (χ4n) is 3.39. The molecule has 2 aromatic carbocycles. The van der Waals surface area contributed by atoms with Gasteiger partial charge < -0.3 is 19.5 Å². The van der Waals surface area contributed by atoms with Crippen LogP contribution in [-0.2, 0) is 20.7 Å². The van der Waals surface area contributed by atoms with E-state index < -0.39 is 36.8 Å². The van der Waals surface area contributed by atoms with Crippen molar-refractivity contribution in [1.29, 1.82) is 0 Å². The highest BCUT2D eigenvalue weighted by Gasteiger charge is 2.37. The highest BCUT2D eigenvalue weighted by molar-refractivity contribution is 6.43. The fraction of sp³-hybridized carbons (Fsp3) is 0.273. The summed E-state index contributed by atoms with van der Waals surface area (Å²) in [6.07, 6.45) is 0.538. The Kier molecular flexibility index (Phi) is 6.71. The monoisotopic (exact) mass is 492 g/mol. The zero-order valence-corrected chi connectivity index (χ0v) is 18.7. The molecule has 0 atom stereocenters. The Bertz CT molecular complexity index is 1110. The standard InChI is InChI=1S/C22H18Cl2N2O7/c23-15-8-13-14(9-16(15)24)22(30)26(21(13)29)10-20(28)33-11-19(27)25-4-3-12-1-2-17-18(7-12)32-6-5-31-17/h1-2,7-9H,3-6,10-11H2,(H,25,27). The summed E-state index contributed by atoms with van der Waals surface area (Å²) in [7, 11) is 0. The number of nitrogens with one attached hydrogen (secondary N) is 1. The molecule has 0 fully saturated rings. The molecule has 11 heteroatoms. The van der Waals surface area contributed by atoms with Crippen LogP contribution in [0.5, 0.6) is 11.5 Å². The molecular weight excluding hydrogens is 475 g/mol. The summed E-state index contributed by atoms with van der Waals surface area (Å²) in [5.74, 6) is -1.43. The van der Waals surface area contributed by atoms with E-state index in [1.165, 1.54) is 12.1 Å². The Balaban J connectivity index is 1.22. The first-order valence-electron chi connectivity index (χ1n) is 9.99. The molecule has 0 aromatic heterocycles. The van der Waals surface area contributed by atoms with Gasteiger partial charge in [0.25, 0.3) is 17.7 Å². The minimum absolute atomic E-state index is 0.0547.